The number of hydrogen-bond acceptors (Lipinski definition) is 1. The average molecular weight is 240 g/mol. The van der Waals surface area contributed by atoms with Gasteiger partial charge in [-0.1, -0.05) is 19.8 Å². The van der Waals surface area contributed by atoms with Crippen molar-refractivity contribution in [2.75, 3.05) is 6.54 Å². The predicted molar refractivity (Wildman–Crippen MR) is 72.3 cm³/mol. The van der Waals surface area contributed by atoms with Crippen LogP contribution >= 0.6 is 12.2 Å². The van der Waals surface area contributed by atoms with Crippen molar-refractivity contribution >= 4 is 17.3 Å². The Morgan fingerprint density at radius 3 is 2.25 bits per heavy atom. The molecule has 0 aromatic rings. The first kappa shape index (κ1) is 12.2. The molecule has 0 bridgehead atoms. The second kappa shape index (κ2) is 5.35. The normalized spacial score (nSPS) is 23.3. The van der Waals surface area contributed by atoms with Crippen molar-refractivity contribution in [3.05, 3.63) is 0 Å². The van der Waals surface area contributed by atoms with E-state index in [4.69, 9.17) is 18.0 Å². The monoisotopic (exact) mass is 240 g/mol. The smallest absolute Gasteiger partial charge is 0.166 e. The molecule has 2 saturated carbocycles. The number of hydrogen-bond donors (Lipinski definition) is 1. The Morgan fingerprint density at radius 1 is 1.25 bits per heavy atom. The number of thiocarbonyl (C=S) groups is 1. The second-order valence-corrected chi connectivity index (χ2v) is 5.82. The molecule has 16 heavy (non-hydrogen) atoms. The van der Waals surface area contributed by atoms with Crippen LogP contribution in [0, 0.1) is 11.8 Å². The third-order valence-electron chi connectivity index (χ3n) is 4.10. The molecule has 2 nitrogen and oxygen atoms in total. The zero-order chi connectivity index (χ0) is 11.5. The van der Waals surface area contributed by atoms with E-state index in [2.05, 4.69) is 11.8 Å². The van der Waals surface area contributed by atoms with Gasteiger partial charge in [-0.05, 0) is 56.2 Å². The number of rotatable bonds is 5. The van der Waals surface area contributed by atoms with E-state index in [0.717, 1.165) is 24.8 Å². The average Bonchev–Trinajstić information content (AvgIpc) is 2.93. The SMILES string of the molecule is CCCN(C(N)=S)C(C1CCCC1)C1CC1. The van der Waals surface area contributed by atoms with Crippen LogP contribution in [0.1, 0.15) is 51.9 Å². The molecule has 0 spiro atoms. The fourth-order valence-electron chi connectivity index (χ4n) is 3.28. The molecule has 0 amide bonds. The molecule has 0 aliphatic heterocycles. The van der Waals surface area contributed by atoms with E-state index in [9.17, 15) is 0 Å². The lowest BCUT2D eigenvalue weighted by molar-refractivity contribution is 0.202. The van der Waals surface area contributed by atoms with E-state index in [0.29, 0.717) is 11.2 Å². The van der Waals surface area contributed by atoms with Crippen molar-refractivity contribution in [3.63, 3.8) is 0 Å². The van der Waals surface area contributed by atoms with E-state index < -0.39 is 0 Å². The maximum atomic E-state index is 5.91. The lowest BCUT2D eigenvalue weighted by Gasteiger charge is -2.36. The maximum Gasteiger partial charge on any atom is 0.166 e. The minimum absolute atomic E-state index is 0.630. The zero-order valence-corrected chi connectivity index (χ0v) is 11.1. The van der Waals surface area contributed by atoms with Crippen LogP contribution in [0.3, 0.4) is 0 Å². The van der Waals surface area contributed by atoms with Gasteiger partial charge in [0.1, 0.15) is 0 Å². The van der Waals surface area contributed by atoms with Crippen LogP contribution < -0.4 is 5.73 Å². The Labute approximate surface area is 105 Å². The summed E-state index contributed by atoms with van der Waals surface area (Å²) in [6.45, 7) is 3.26. The Hall–Kier alpha value is -0.310. The van der Waals surface area contributed by atoms with Crippen LogP contribution in [-0.2, 0) is 0 Å². The summed E-state index contributed by atoms with van der Waals surface area (Å²) < 4.78 is 0. The summed E-state index contributed by atoms with van der Waals surface area (Å²) in [4.78, 5) is 2.34. The van der Waals surface area contributed by atoms with Gasteiger partial charge in [0.15, 0.2) is 5.11 Å². The van der Waals surface area contributed by atoms with E-state index in [1.807, 2.05) is 0 Å². The summed E-state index contributed by atoms with van der Waals surface area (Å²) in [5.41, 5.74) is 5.91. The molecule has 2 aliphatic rings. The number of nitrogens with zero attached hydrogens (tertiary/aromatic N) is 1. The number of nitrogens with two attached hydrogens (primary N) is 1. The van der Waals surface area contributed by atoms with Crippen LogP contribution in [0.15, 0.2) is 0 Å². The highest BCUT2D eigenvalue weighted by molar-refractivity contribution is 7.80. The highest BCUT2D eigenvalue weighted by Crippen LogP contribution is 2.43. The summed E-state index contributed by atoms with van der Waals surface area (Å²) in [6, 6.07) is 0.667. The molecular weight excluding hydrogens is 216 g/mol. The highest BCUT2D eigenvalue weighted by atomic mass is 32.1. The first-order chi connectivity index (χ1) is 7.74. The largest absolute Gasteiger partial charge is 0.376 e. The van der Waals surface area contributed by atoms with Crippen molar-refractivity contribution in [3.8, 4) is 0 Å². The molecular formula is C13H24N2S. The summed E-state index contributed by atoms with van der Waals surface area (Å²) in [7, 11) is 0. The van der Waals surface area contributed by atoms with Gasteiger partial charge in [0.25, 0.3) is 0 Å². The van der Waals surface area contributed by atoms with Gasteiger partial charge in [0.05, 0.1) is 0 Å². The van der Waals surface area contributed by atoms with Gasteiger partial charge < -0.3 is 10.6 Å². The van der Waals surface area contributed by atoms with Crippen molar-refractivity contribution in [2.24, 2.45) is 17.6 Å². The van der Waals surface area contributed by atoms with Crippen LogP contribution in [-0.4, -0.2) is 22.6 Å². The molecule has 1 atom stereocenters. The molecule has 2 N–H and O–H groups in total. The molecule has 1 unspecified atom stereocenters. The molecule has 3 heteroatoms. The lowest BCUT2D eigenvalue weighted by Crippen LogP contribution is -2.48. The molecule has 0 heterocycles. The predicted octanol–water partition coefficient (Wildman–Crippen LogP) is 2.91. The Balaban J connectivity index is 2.05. The fraction of sp³-hybridized carbons (Fsp3) is 0.923. The summed E-state index contributed by atoms with van der Waals surface area (Å²) in [5, 5.41) is 0.630. The minimum atomic E-state index is 0.630. The Bertz CT molecular complexity index is 244. The van der Waals surface area contributed by atoms with Crippen LogP contribution in [0.5, 0.6) is 0 Å². The topological polar surface area (TPSA) is 29.3 Å². The third kappa shape index (κ3) is 2.68. The van der Waals surface area contributed by atoms with E-state index in [-0.39, 0.29) is 0 Å². The fourth-order valence-corrected chi connectivity index (χ4v) is 3.49. The summed E-state index contributed by atoms with van der Waals surface area (Å²) in [5.74, 6) is 1.75. The van der Waals surface area contributed by atoms with Gasteiger partial charge >= 0.3 is 0 Å². The van der Waals surface area contributed by atoms with Gasteiger partial charge in [-0.25, -0.2) is 0 Å². The standard InChI is InChI=1S/C13H24N2S/c1-2-9-15(13(14)16)12(11-7-8-11)10-5-3-4-6-10/h10-12H,2-9H2,1H3,(H2,14,16). The van der Waals surface area contributed by atoms with Crippen LogP contribution in [0.4, 0.5) is 0 Å². The molecule has 92 valence electrons. The molecule has 2 fully saturated rings. The second-order valence-electron chi connectivity index (χ2n) is 5.40. The van der Waals surface area contributed by atoms with Crippen molar-refractivity contribution in [1.29, 1.82) is 0 Å². The minimum Gasteiger partial charge on any atom is -0.376 e. The Kier molecular flexibility index (Phi) is 4.06. The molecule has 0 aromatic heterocycles. The molecule has 0 radical (unpaired) electrons. The van der Waals surface area contributed by atoms with Gasteiger partial charge in [-0.2, -0.15) is 0 Å². The maximum absolute atomic E-state index is 5.91. The molecule has 0 saturated heterocycles. The first-order valence-corrected chi connectivity index (χ1v) is 7.21. The summed E-state index contributed by atoms with van der Waals surface area (Å²) in [6.07, 6.45) is 9.53. The van der Waals surface area contributed by atoms with Crippen molar-refractivity contribution < 1.29 is 0 Å². The Morgan fingerprint density at radius 2 is 1.81 bits per heavy atom. The lowest BCUT2D eigenvalue weighted by atomic mass is 9.92. The quantitative estimate of drug-likeness (QED) is 0.749. The molecule has 2 aliphatic carbocycles. The van der Waals surface area contributed by atoms with Crippen LogP contribution in [0.2, 0.25) is 0 Å². The zero-order valence-electron chi connectivity index (χ0n) is 10.3. The molecule has 2 rings (SSSR count). The molecule has 0 aromatic carbocycles. The third-order valence-corrected chi connectivity index (χ3v) is 4.33. The summed E-state index contributed by atoms with van der Waals surface area (Å²) >= 11 is 5.24. The highest BCUT2D eigenvalue weighted by Gasteiger charge is 2.41. The first-order valence-electron chi connectivity index (χ1n) is 6.80. The van der Waals surface area contributed by atoms with Crippen molar-refractivity contribution in [2.45, 2.75) is 57.9 Å². The van der Waals surface area contributed by atoms with Gasteiger partial charge in [-0.15, -0.1) is 0 Å². The van der Waals surface area contributed by atoms with Gasteiger partial charge in [0.2, 0.25) is 0 Å². The van der Waals surface area contributed by atoms with E-state index >= 15 is 0 Å². The van der Waals surface area contributed by atoms with E-state index in [1.165, 1.54) is 38.5 Å². The van der Waals surface area contributed by atoms with Crippen LogP contribution in [0.25, 0.3) is 0 Å². The van der Waals surface area contributed by atoms with Gasteiger partial charge in [0, 0.05) is 12.6 Å². The van der Waals surface area contributed by atoms with Gasteiger partial charge in [-0.3, -0.25) is 0 Å². The van der Waals surface area contributed by atoms with Crippen molar-refractivity contribution in [1.82, 2.24) is 4.90 Å². The van der Waals surface area contributed by atoms with E-state index in [1.54, 1.807) is 0 Å².